The molecule has 6 rings (SSSR count). The number of ketones is 2. The van der Waals surface area contributed by atoms with Crippen molar-refractivity contribution in [3.05, 3.63) is 92.1 Å². The summed E-state index contributed by atoms with van der Waals surface area (Å²) in [6, 6.07) is 14.1. The normalized spacial score (nSPS) is 27.4. The van der Waals surface area contributed by atoms with Gasteiger partial charge >= 0.3 is 0 Å². The lowest BCUT2D eigenvalue weighted by Gasteiger charge is -2.42. The number of phenols is 1. The van der Waals surface area contributed by atoms with Crippen LogP contribution in [0.25, 0.3) is 0 Å². The zero-order chi connectivity index (χ0) is 25.3. The molecular weight excluding hydrogens is 569 g/mol. The highest BCUT2D eigenvalue weighted by Gasteiger charge is 2.56. The van der Waals surface area contributed by atoms with Gasteiger partial charge in [-0.15, -0.1) is 0 Å². The Morgan fingerprint density at radius 2 is 1.67 bits per heavy atom. The average molecular weight is 591 g/mol. The molecule has 4 aliphatic rings. The summed E-state index contributed by atoms with van der Waals surface area (Å²) in [6.07, 6.45) is 3.91. The monoisotopic (exact) mass is 591 g/mol. The van der Waals surface area contributed by atoms with Crippen LogP contribution in [0.5, 0.6) is 5.75 Å². The lowest BCUT2D eigenvalue weighted by Crippen LogP contribution is -2.39. The summed E-state index contributed by atoms with van der Waals surface area (Å²) in [5.41, 5.74) is 3.03. The van der Waals surface area contributed by atoms with Crippen molar-refractivity contribution >= 4 is 51.7 Å². The van der Waals surface area contributed by atoms with E-state index in [1.165, 1.54) is 11.0 Å². The summed E-state index contributed by atoms with van der Waals surface area (Å²) in [7, 11) is 0. The van der Waals surface area contributed by atoms with E-state index >= 15 is 0 Å². The van der Waals surface area contributed by atoms with Gasteiger partial charge in [0.15, 0.2) is 11.6 Å². The second kappa shape index (κ2) is 8.37. The van der Waals surface area contributed by atoms with Crippen LogP contribution < -0.4 is 4.90 Å². The maximum Gasteiger partial charge on any atom is 0.238 e. The highest BCUT2D eigenvalue weighted by Crippen LogP contribution is 2.56. The van der Waals surface area contributed by atoms with Crippen LogP contribution in [-0.2, 0) is 19.2 Å². The molecule has 0 bridgehead atoms. The number of amides is 2. The fourth-order valence-electron chi connectivity index (χ4n) is 6.29. The van der Waals surface area contributed by atoms with Crippen LogP contribution in [0.1, 0.15) is 31.2 Å². The highest BCUT2D eigenvalue weighted by molar-refractivity contribution is 14.1. The minimum absolute atomic E-state index is 0.0276. The maximum atomic E-state index is 13.8. The number of anilines is 1. The van der Waals surface area contributed by atoms with Crippen LogP contribution in [-0.4, -0.2) is 28.5 Å². The number of imide groups is 1. The van der Waals surface area contributed by atoms with Gasteiger partial charge in [0.25, 0.3) is 0 Å². The number of carbonyl (C=O) groups is 4. The number of Topliss-reactive ketones (excluding diaryl/α,β-unsaturated/α-hetero) is 1. The smallest absolute Gasteiger partial charge is 0.238 e. The van der Waals surface area contributed by atoms with Crippen molar-refractivity contribution in [1.82, 2.24) is 0 Å². The molecule has 1 heterocycles. The van der Waals surface area contributed by atoms with E-state index in [0.717, 1.165) is 9.14 Å². The van der Waals surface area contributed by atoms with Crippen LogP contribution in [0.4, 0.5) is 5.69 Å². The van der Waals surface area contributed by atoms with Gasteiger partial charge < -0.3 is 5.11 Å². The molecule has 180 valence electrons. The summed E-state index contributed by atoms with van der Waals surface area (Å²) >= 11 is 2.17. The van der Waals surface area contributed by atoms with Gasteiger partial charge in [-0.1, -0.05) is 29.8 Å². The number of fused-ring (bicyclic) bond motifs is 3. The van der Waals surface area contributed by atoms with Crippen LogP contribution in [0.3, 0.4) is 0 Å². The fourth-order valence-corrected chi connectivity index (χ4v) is 6.65. The summed E-state index contributed by atoms with van der Waals surface area (Å²) in [6.45, 7) is 1.63. The van der Waals surface area contributed by atoms with Gasteiger partial charge in [-0.05, 0) is 84.7 Å². The third-order valence-electron chi connectivity index (χ3n) is 7.90. The first-order valence-corrected chi connectivity index (χ1v) is 13.0. The van der Waals surface area contributed by atoms with Crippen molar-refractivity contribution in [2.45, 2.75) is 25.7 Å². The van der Waals surface area contributed by atoms with E-state index in [2.05, 4.69) is 22.6 Å². The Morgan fingerprint density at radius 3 is 2.39 bits per heavy atom. The Kier molecular flexibility index (Phi) is 5.37. The molecule has 3 aliphatic carbocycles. The molecule has 1 fully saturated rings. The van der Waals surface area contributed by atoms with Crippen LogP contribution in [0, 0.1) is 21.3 Å². The number of carbonyl (C=O) groups excluding carboxylic acids is 4. The Bertz CT molecular complexity index is 1460. The van der Waals surface area contributed by atoms with E-state index in [-0.39, 0.29) is 35.6 Å². The molecule has 7 heteroatoms. The first-order valence-electron chi connectivity index (χ1n) is 11.9. The molecule has 0 saturated carbocycles. The first-order chi connectivity index (χ1) is 17.3. The lowest BCUT2D eigenvalue weighted by molar-refractivity contribution is -0.123. The van der Waals surface area contributed by atoms with Gasteiger partial charge in [0.1, 0.15) is 5.75 Å². The molecule has 1 N–H and O–H groups in total. The van der Waals surface area contributed by atoms with Crippen molar-refractivity contribution in [2.75, 3.05) is 4.90 Å². The number of hydrogen-bond donors (Lipinski definition) is 1. The van der Waals surface area contributed by atoms with Crippen LogP contribution in [0.15, 0.2) is 83.0 Å². The zero-order valence-electron chi connectivity index (χ0n) is 19.4. The molecule has 2 amide bonds. The third kappa shape index (κ3) is 3.28. The molecule has 4 unspecified atom stereocenters. The number of para-hydroxylation sites is 1. The van der Waals surface area contributed by atoms with Gasteiger partial charge in [0, 0.05) is 31.8 Å². The standard InChI is InChI=1S/C29H22INO5/c1-14-12-23(33)21-13-20-17(24(26(21)27(14)34)18-4-2-3-5-22(18)32)10-11-19-25(20)29(36)31(28(19)35)16-8-6-15(30)7-9-16/h2-10,12,19-20,24-25,32H,11,13H2,1H3. The number of phenolic OH excluding ortho intramolecular Hbond substituents is 1. The second-order valence-corrected chi connectivity index (χ2v) is 11.0. The molecule has 1 aliphatic heterocycles. The average Bonchev–Trinajstić information content (AvgIpc) is 3.12. The molecule has 36 heavy (non-hydrogen) atoms. The van der Waals surface area contributed by atoms with Crippen molar-refractivity contribution in [3.63, 3.8) is 0 Å². The number of benzene rings is 2. The van der Waals surface area contributed by atoms with E-state index < -0.39 is 23.7 Å². The topological polar surface area (TPSA) is 91.8 Å². The number of rotatable bonds is 2. The number of nitrogens with zero attached hydrogens (tertiary/aromatic N) is 1. The molecule has 4 atom stereocenters. The molecule has 0 aromatic heterocycles. The number of halogens is 1. The van der Waals surface area contributed by atoms with Gasteiger partial charge in [-0.3, -0.25) is 24.1 Å². The Balaban J connectivity index is 1.49. The summed E-state index contributed by atoms with van der Waals surface area (Å²) in [5, 5.41) is 10.8. The van der Waals surface area contributed by atoms with Crippen molar-refractivity contribution in [3.8, 4) is 5.75 Å². The van der Waals surface area contributed by atoms with E-state index in [4.69, 9.17) is 0 Å². The van der Waals surface area contributed by atoms with Crippen molar-refractivity contribution < 1.29 is 24.3 Å². The Morgan fingerprint density at radius 1 is 0.944 bits per heavy atom. The van der Waals surface area contributed by atoms with Gasteiger partial charge in [0.05, 0.1) is 17.5 Å². The quantitative estimate of drug-likeness (QED) is 0.238. The van der Waals surface area contributed by atoms with Crippen molar-refractivity contribution in [2.24, 2.45) is 17.8 Å². The van der Waals surface area contributed by atoms with E-state index in [1.807, 2.05) is 18.2 Å². The van der Waals surface area contributed by atoms with Gasteiger partial charge in [-0.2, -0.15) is 0 Å². The summed E-state index contributed by atoms with van der Waals surface area (Å²) < 4.78 is 0.998. The van der Waals surface area contributed by atoms with Crippen LogP contribution >= 0.6 is 22.6 Å². The fraction of sp³-hybridized carbons (Fsp3) is 0.241. The Hall–Kier alpha value is -3.33. The number of aromatic hydroxyl groups is 1. The molecule has 0 spiro atoms. The van der Waals surface area contributed by atoms with Gasteiger partial charge in [-0.25, -0.2) is 0 Å². The predicted molar refractivity (Wildman–Crippen MR) is 141 cm³/mol. The molecule has 6 nitrogen and oxygen atoms in total. The number of hydrogen-bond acceptors (Lipinski definition) is 5. The molecular formula is C29H22INO5. The van der Waals surface area contributed by atoms with E-state index in [9.17, 15) is 24.3 Å². The molecule has 2 aromatic rings. The third-order valence-corrected chi connectivity index (χ3v) is 8.62. The second-order valence-electron chi connectivity index (χ2n) is 9.78. The first kappa shape index (κ1) is 23.1. The van der Waals surface area contributed by atoms with E-state index in [0.29, 0.717) is 34.4 Å². The minimum atomic E-state index is -0.642. The van der Waals surface area contributed by atoms with Crippen molar-refractivity contribution in [1.29, 1.82) is 0 Å². The van der Waals surface area contributed by atoms with Gasteiger partial charge in [0.2, 0.25) is 11.8 Å². The maximum absolute atomic E-state index is 13.8. The summed E-state index contributed by atoms with van der Waals surface area (Å²) in [5.74, 6) is -3.15. The summed E-state index contributed by atoms with van der Waals surface area (Å²) in [4.78, 5) is 55.0. The SMILES string of the molecule is CC1=CC(=O)C2=C(C1=O)C(c1ccccc1O)C1=CCC3C(=O)N(c4ccc(I)cc4)C(=O)C3C1C2. The molecule has 1 saturated heterocycles. The lowest BCUT2D eigenvalue weighted by atomic mass is 9.59. The van der Waals surface area contributed by atoms with Crippen LogP contribution in [0.2, 0.25) is 0 Å². The largest absolute Gasteiger partial charge is 0.508 e. The minimum Gasteiger partial charge on any atom is -0.508 e. The predicted octanol–water partition coefficient (Wildman–Crippen LogP) is 4.63. The Labute approximate surface area is 221 Å². The molecule has 2 aromatic carbocycles. The molecule has 0 radical (unpaired) electrons. The number of allylic oxidation sites excluding steroid dienone is 6. The highest BCUT2D eigenvalue weighted by atomic mass is 127. The zero-order valence-corrected chi connectivity index (χ0v) is 21.6. The van der Waals surface area contributed by atoms with E-state index in [1.54, 1.807) is 43.3 Å².